The topological polar surface area (TPSA) is 54.4 Å². The quantitative estimate of drug-likeness (QED) is 0.687. The fourth-order valence-electron chi connectivity index (χ4n) is 1.21. The highest BCUT2D eigenvalue weighted by Gasteiger charge is 2.24. The standard InChI is InChI=1S/C10H9IO3/c1-6(12)9(10(13)14)7-2-4-8(11)5-3-7/h2-5,9H,1H3,(H,13,14). The van der Waals surface area contributed by atoms with Gasteiger partial charge in [0.05, 0.1) is 0 Å². The van der Waals surface area contributed by atoms with E-state index in [0.29, 0.717) is 5.56 Å². The van der Waals surface area contributed by atoms with Gasteiger partial charge in [0.25, 0.3) is 0 Å². The normalized spacial score (nSPS) is 12.1. The van der Waals surface area contributed by atoms with Crippen molar-refractivity contribution in [2.24, 2.45) is 0 Å². The number of carboxylic acid groups (broad SMARTS) is 1. The minimum atomic E-state index is -1.10. The van der Waals surface area contributed by atoms with Crippen LogP contribution >= 0.6 is 22.6 Å². The van der Waals surface area contributed by atoms with E-state index in [9.17, 15) is 9.59 Å². The Hall–Kier alpha value is -0.910. The van der Waals surface area contributed by atoms with Gasteiger partial charge >= 0.3 is 5.97 Å². The van der Waals surface area contributed by atoms with Gasteiger partial charge < -0.3 is 5.11 Å². The zero-order chi connectivity index (χ0) is 10.7. The van der Waals surface area contributed by atoms with Crippen molar-refractivity contribution in [3.63, 3.8) is 0 Å². The number of benzene rings is 1. The second-order valence-corrected chi connectivity index (χ2v) is 4.18. The van der Waals surface area contributed by atoms with E-state index in [2.05, 4.69) is 22.6 Å². The first-order valence-electron chi connectivity index (χ1n) is 4.01. The first-order chi connectivity index (χ1) is 6.52. The van der Waals surface area contributed by atoms with Crippen molar-refractivity contribution in [2.75, 3.05) is 0 Å². The molecule has 3 nitrogen and oxygen atoms in total. The van der Waals surface area contributed by atoms with Crippen LogP contribution < -0.4 is 0 Å². The highest BCUT2D eigenvalue weighted by Crippen LogP contribution is 2.18. The molecule has 0 saturated heterocycles. The Kier molecular flexibility index (Phi) is 3.62. The van der Waals surface area contributed by atoms with E-state index in [-0.39, 0.29) is 5.78 Å². The predicted molar refractivity (Wildman–Crippen MR) is 60.2 cm³/mol. The van der Waals surface area contributed by atoms with Crippen LogP contribution in [0, 0.1) is 3.57 Å². The van der Waals surface area contributed by atoms with Gasteiger partial charge in [0.2, 0.25) is 0 Å². The first-order valence-corrected chi connectivity index (χ1v) is 5.09. The molecule has 0 spiro atoms. The Morgan fingerprint density at radius 2 is 1.79 bits per heavy atom. The largest absolute Gasteiger partial charge is 0.480 e. The lowest BCUT2D eigenvalue weighted by molar-refractivity contribution is -0.142. The van der Waals surface area contributed by atoms with Crippen LogP contribution in [0.1, 0.15) is 18.4 Å². The zero-order valence-electron chi connectivity index (χ0n) is 7.53. The summed E-state index contributed by atoms with van der Waals surface area (Å²) in [5, 5.41) is 8.84. The Morgan fingerprint density at radius 1 is 1.29 bits per heavy atom. The lowest BCUT2D eigenvalue weighted by Crippen LogP contribution is -2.18. The number of Topliss-reactive ketones (excluding diaryl/α,β-unsaturated/α-hetero) is 1. The highest BCUT2D eigenvalue weighted by atomic mass is 127. The number of halogens is 1. The highest BCUT2D eigenvalue weighted by molar-refractivity contribution is 14.1. The fraction of sp³-hybridized carbons (Fsp3) is 0.200. The van der Waals surface area contributed by atoms with Crippen molar-refractivity contribution in [1.29, 1.82) is 0 Å². The smallest absolute Gasteiger partial charge is 0.318 e. The van der Waals surface area contributed by atoms with Crippen molar-refractivity contribution >= 4 is 34.3 Å². The van der Waals surface area contributed by atoms with Crippen LogP contribution in [0.5, 0.6) is 0 Å². The van der Waals surface area contributed by atoms with E-state index in [4.69, 9.17) is 5.11 Å². The average molecular weight is 304 g/mol. The molecular formula is C10H9IO3. The van der Waals surface area contributed by atoms with Crippen LogP contribution in [0.3, 0.4) is 0 Å². The van der Waals surface area contributed by atoms with Crippen LogP contribution in [-0.4, -0.2) is 16.9 Å². The summed E-state index contributed by atoms with van der Waals surface area (Å²) in [6, 6.07) is 6.91. The van der Waals surface area contributed by atoms with Gasteiger partial charge in [-0.3, -0.25) is 9.59 Å². The molecule has 1 aromatic rings. The Morgan fingerprint density at radius 3 is 2.14 bits per heavy atom. The van der Waals surface area contributed by atoms with Crippen LogP contribution in [0.15, 0.2) is 24.3 Å². The zero-order valence-corrected chi connectivity index (χ0v) is 9.69. The van der Waals surface area contributed by atoms with E-state index in [1.807, 2.05) is 0 Å². The van der Waals surface area contributed by atoms with E-state index in [0.717, 1.165) is 3.57 Å². The van der Waals surface area contributed by atoms with Crippen molar-refractivity contribution in [2.45, 2.75) is 12.8 Å². The number of ketones is 1. The number of carboxylic acids is 1. The van der Waals surface area contributed by atoms with Gasteiger partial charge in [-0.1, -0.05) is 12.1 Å². The molecule has 0 aliphatic carbocycles. The maximum atomic E-state index is 11.1. The van der Waals surface area contributed by atoms with Crippen molar-refractivity contribution < 1.29 is 14.7 Å². The SMILES string of the molecule is CC(=O)C(C(=O)O)c1ccc(I)cc1. The summed E-state index contributed by atoms with van der Waals surface area (Å²) in [6.45, 7) is 1.29. The molecule has 4 heteroatoms. The van der Waals surface area contributed by atoms with E-state index in [1.54, 1.807) is 24.3 Å². The second kappa shape index (κ2) is 4.54. The lowest BCUT2D eigenvalue weighted by atomic mass is 9.96. The molecule has 74 valence electrons. The molecule has 0 heterocycles. The minimum absolute atomic E-state index is 0.348. The summed E-state index contributed by atoms with van der Waals surface area (Å²) in [5.41, 5.74) is 0.533. The molecule has 1 unspecified atom stereocenters. The average Bonchev–Trinajstić information content (AvgIpc) is 2.07. The first kappa shape index (κ1) is 11.2. The lowest BCUT2D eigenvalue weighted by Gasteiger charge is -2.08. The van der Waals surface area contributed by atoms with Gasteiger partial charge in [-0.15, -0.1) is 0 Å². The van der Waals surface area contributed by atoms with E-state index < -0.39 is 11.9 Å². The number of carbonyl (C=O) groups excluding carboxylic acids is 1. The Labute approximate surface area is 95.3 Å². The third kappa shape index (κ3) is 2.54. The molecule has 0 aliphatic heterocycles. The predicted octanol–water partition coefficient (Wildman–Crippen LogP) is 2.05. The van der Waals surface area contributed by atoms with Gasteiger partial charge in [0.15, 0.2) is 0 Å². The third-order valence-corrected chi connectivity index (χ3v) is 2.58. The van der Waals surface area contributed by atoms with Crippen molar-refractivity contribution in [3.8, 4) is 0 Å². The summed E-state index contributed by atoms with van der Waals surface area (Å²) in [6.07, 6.45) is 0. The molecule has 0 amide bonds. The second-order valence-electron chi connectivity index (χ2n) is 2.93. The van der Waals surface area contributed by atoms with Crippen molar-refractivity contribution in [3.05, 3.63) is 33.4 Å². The molecule has 0 radical (unpaired) electrons. The molecule has 0 saturated carbocycles. The third-order valence-electron chi connectivity index (χ3n) is 1.86. The number of aliphatic carboxylic acids is 1. The summed E-state index contributed by atoms with van der Waals surface area (Å²) in [7, 11) is 0. The summed E-state index contributed by atoms with van der Waals surface area (Å²) < 4.78 is 1.01. The molecule has 1 N–H and O–H groups in total. The number of carbonyl (C=O) groups is 2. The molecular weight excluding hydrogens is 295 g/mol. The summed E-state index contributed by atoms with van der Waals surface area (Å²) >= 11 is 2.12. The Balaban J connectivity index is 3.06. The summed E-state index contributed by atoms with van der Waals surface area (Å²) in [5.74, 6) is -2.48. The maximum absolute atomic E-state index is 11.1. The fourth-order valence-corrected chi connectivity index (χ4v) is 1.57. The van der Waals surface area contributed by atoms with E-state index >= 15 is 0 Å². The molecule has 1 aromatic carbocycles. The van der Waals surface area contributed by atoms with Gasteiger partial charge in [0.1, 0.15) is 11.7 Å². The van der Waals surface area contributed by atoms with Gasteiger partial charge in [-0.2, -0.15) is 0 Å². The van der Waals surface area contributed by atoms with Gasteiger partial charge in [-0.25, -0.2) is 0 Å². The van der Waals surface area contributed by atoms with Crippen LogP contribution in [0.25, 0.3) is 0 Å². The monoisotopic (exact) mass is 304 g/mol. The molecule has 1 rings (SSSR count). The van der Waals surface area contributed by atoms with Crippen LogP contribution in [-0.2, 0) is 9.59 Å². The Bertz CT molecular complexity index is 342. The molecule has 0 aromatic heterocycles. The van der Waals surface area contributed by atoms with Gasteiger partial charge in [-0.05, 0) is 47.2 Å². The van der Waals surface area contributed by atoms with Crippen LogP contribution in [0.4, 0.5) is 0 Å². The van der Waals surface area contributed by atoms with Crippen LogP contribution in [0.2, 0.25) is 0 Å². The number of hydrogen-bond acceptors (Lipinski definition) is 2. The number of hydrogen-bond donors (Lipinski definition) is 1. The molecule has 0 fully saturated rings. The van der Waals surface area contributed by atoms with Crippen molar-refractivity contribution in [1.82, 2.24) is 0 Å². The number of rotatable bonds is 3. The molecule has 1 atom stereocenters. The van der Waals surface area contributed by atoms with E-state index in [1.165, 1.54) is 6.92 Å². The molecule has 14 heavy (non-hydrogen) atoms. The molecule has 0 bridgehead atoms. The molecule has 0 aliphatic rings. The van der Waals surface area contributed by atoms with Gasteiger partial charge in [0, 0.05) is 3.57 Å². The summed E-state index contributed by atoms with van der Waals surface area (Å²) in [4.78, 5) is 21.9. The minimum Gasteiger partial charge on any atom is -0.480 e. The maximum Gasteiger partial charge on any atom is 0.318 e.